The first kappa shape index (κ1) is 23.4. The summed E-state index contributed by atoms with van der Waals surface area (Å²) in [6.07, 6.45) is 3.13. The molecule has 168 valence electrons. The highest BCUT2D eigenvalue weighted by Gasteiger charge is 2.15. The third-order valence-corrected chi connectivity index (χ3v) is 5.90. The minimum atomic E-state index is -0.266. The Labute approximate surface area is 192 Å². The Morgan fingerprint density at radius 3 is 2.38 bits per heavy atom. The van der Waals surface area contributed by atoms with Crippen molar-refractivity contribution in [1.82, 2.24) is 10.2 Å². The van der Waals surface area contributed by atoms with Crippen LogP contribution < -0.4 is 15.4 Å². The van der Waals surface area contributed by atoms with E-state index in [-0.39, 0.29) is 17.7 Å². The summed E-state index contributed by atoms with van der Waals surface area (Å²) in [6.45, 7) is 4.59. The third kappa shape index (κ3) is 6.88. The molecule has 0 aliphatic rings. The molecule has 2 amide bonds. The maximum Gasteiger partial charge on any atom is 0.257 e. The number of nitrogens with zero attached hydrogens (tertiary/aromatic N) is 2. The number of rotatable bonds is 11. The highest BCUT2D eigenvalue weighted by Crippen LogP contribution is 2.19. The van der Waals surface area contributed by atoms with Crippen molar-refractivity contribution < 1.29 is 14.3 Å². The van der Waals surface area contributed by atoms with Gasteiger partial charge in [-0.2, -0.15) is 0 Å². The molecule has 0 saturated heterocycles. The van der Waals surface area contributed by atoms with Gasteiger partial charge >= 0.3 is 0 Å². The Kier molecular flexibility index (Phi) is 8.74. The van der Waals surface area contributed by atoms with Gasteiger partial charge in [-0.3, -0.25) is 14.9 Å². The van der Waals surface area contributed by atoms with E-state index in [1.165, 1.54) is 11.3 Å². The SMILES string of the molecule is CCC(CC)C(=O)Nc1ccc(C(=O)Nc2nnc(CCCOc3ccccc3)s2)cc1. The minimum absolute atomic E-state index is 0.00255. The molecule has 0 fully saturated rings. The van der Waals surface area contributed by atoms with Gasteiger partial charge in [0.2, 0.25) is 11.0 Å². The zero-order valence-corrected chi connectivity index (χ0v) is 19.2. The summed E-state index contributed by atoms with van der Waals surface area (Å²) < 4.78 is 5.68. The molecule has 0 aliphatic carbocycles. The molecule has 2 N–H and O–H groups in total. The molecule has 8 heteroatoms. The van der Waals surface area contributed by atoms with Crippen LogP contribution in [-0.2, 0) is 11.2 Å². The largest absolute Gasteiger partial charge is 0.494 e. The van der Waals surface area contributed by atoms with Gasteiger partial charge in [-0.1, -0.05) is 43.4 Å². The summed E-state index contributed by atoms with van der Waals surface area (Å²) in [4.78, 5) is 24.7. The summed E-state index contributed by atoms with van der Waals surface area (Å²) in [5, 5.41) is 15.2. The fourth-order valence-electron chi connectivity index (χ4n) is 3.11. The van der Waals surface area contributed by atoms with Crippen LogP contribution in [-0.4, -0.2) is 28.6 Å². The van der Waals surface area contributed by atoms with Crippen LogP contribution in [0.1, 0.15) is 48.5 Å². The molecular weight excluding hydrogens is 424 g/mol. The van der Waals surface area contributed by atoms with Crippen molar-refractivity contribution in [3.63, 3.8) is 0 Å². The second kappa shape index (κ2) is 12.0. The highest BCUT2D eigenvalue weighted by atomic mass is 32.1. The lowest BCUT2D eigenvalue weighted by molar-refractivity contribution is -0.120. The van der Waals surface area contributed by atoms with E-state index in [2.05, 4.69) is 20.8 Å². The molecule has 7 nitrogen and oxygen atoms in total. The topological polar surface area (TPSA) is 93.2 Å². The van der Waals surface area contributed by atoms with E-state index in [0.29, 0.717) is 23.0 Å². The van der Waals surface area contributed by atoms with E-state index in [9.17, 15) is 9.59 Å². The fraction of sp³-hybridized carbons (Fsp3) is 0.333. The lowest BCUT2D eigenvalue weighted by Gasteiger charge is -2.12. The summed E-state index contributed by atoms with van der Waals surface area (Å²) in [5.74, 6) is 0.578. The molecule has 3 rings (SSSR count). The van der Waals surface area contributed by atoms with Gasteiger partial charge in [-0.15, -0.1) is 10.2 Å². The van der Waals surface area contributed by atoms with E-state index < -0.39 is 0 Å². The number of ether oxygens (including phenoxy) is 1. The van der Waals surface area contributed by atoms with Crippen LogP contribution in [0, 0.1) is 5.92 Å². The molecule has 1 aromatic heterocycles. The molecule has 0 unspecified atom stereocenters. The monoisotopic (exact) mass is 452 g/mol. The van der Waals surface area contributed by atoms with Gasteiger partial charge in [-0.05, 0) is 55.7 Å². The van der Waals surface area contributed by atoms with Gasteiger partial charge in [-0.25, -0.2) is 0 Å². The lowest BCUT2D eigenvalue weighted by Crippen LogP contribution is -2.21. The van der Waals surface area contributed by atoms with Gasteiger partial charge in [0, 0.05) is 23.6 Å². The smallest absolute Gasteiger partial charge is 0.257 e. The number of carbonyl (C=O) groups excluding carboxylic acids is 2. The predicted octanol–water partition coefficient (Wildman–Crippen LogP) is 5.18. The van der Waals surface area contributed by atoms with E-state index >= 15 is 0 Å². The number of hydrogen-bond donors (Lipinski definition) is 2. The second-order valence-corrected chi connectivity index (χ2v) is 8.36. The first-order valence-corrected chi connectivity index (χ1v) is 11.6. The van der Waals surface area contributed by atoms with Crippen molar-refractivity contribution >= 4 is 34.0 Å². The van der Waals surface area contributed by atoms with Crippen LogP contribution in [0.15, 0.2) is 54.6 Å². The van der Waals surface area contributed by atoms with Crippen molar-refractivity contribution in [2.75, 3.05) is 17.2 Å². The average molecular weight is 453 g/mol. The Morgan fingerprint density at radius 1 is 0.969 bits per heavy atom. The Hall–Kier alpha value is -3.26. The second-order valence-electron chi connectivity index (χ2n) is 7.30. The number of benzene rings is 2. The van der Waals surface area contributed by atoms with Crippen molar-refractivity contribution in [3.8, 4) is 5.75 Å². The van der Waals surface area contributed by atoms with Crippen molar-refractivity contribution in [3.05, 3.63) is 65.2 Å². The molecule has 3 aromatic rings. The number of hydrogen-bond acceptors (Lipinski definition) is 6. The third-order valence-electron chi connectivity index (χ3n) is 5.01. The number of aryl methyl sites for hydroxylation is 1. The quantitative estimate of drug-likeness (QED) is 0.391. The molecule has 0 saturated carbocycles. The van der Waals surface area contributed by atoms with Crippen molar-refractivity contribution in [2.24, 2.45) is 5.92 Å². The number of aromatic nitrogens is 2. The first-order chi connectivity index (χ1) is 15.6. The van der Waals surface area contributed by atoms with Crippen molar-refractivity contribution in [2.45, 2.75) is 39.5 Å². The number of amides is 2. The fourth-order valence-corrected chi connectivity index (χ4v) is 3.89. The minimum Gasteiger partial charge on any atom is -0.494 e. The standard InChI is InChI=1S/C24H28N4O3S/c1-3-17(4-2)22(29)25-19-14-12-18(13-15-19)23(30)26-24-28-27-21(32-24)11-8-16-31-20-9-6-5-7-10-20/h5-7,9-10,12-15,17H,3-4,8,11,16H2,1-2H3,(H,25,29)(H,26,28,30). The average Bonchev–Trinajstić information content (AvgIpc) is 3.26. The highest BCUT2D eigenvalue weighted by molar-refractivity contribution is 7.15. The molecule has 0 atom stereocenters. The Morgan fingerprint density at radius 2 is 1.69 bits per heavy atom. The number of carbonyl (C=O) groups is 2. The molecular formula is C24H28N4O3S. The Balaban J connectivity index is 1.45. The number of nitrogens with one attached hydrogen (secondary N) is 2. The van der Waals surface area contributed by atoms with E-state index in [4.69, 9.17) is 4.74 Å². The summed E-state index contributed by atoms with van der Waals surface area (Å²) in [5.41, 5.74) is 1.16. The van der Waals surface area contributed by atoms with Crippen molar-refractivity contribution in [1.29, 1.82) is 0 Å². The lowest BCUT2D eigenvalue weighted by atomic mass is 10.0. The van der Waals surface area contributed by atoms with Crippen LogP contribution in [0.2, 0.25) is 0 Å². The zero-order valence-electron chi connectivity index (χ0n) is 18.3. The summed E-state index contributed by atoms with van der Waals surface area (Å²) in [6, 6.07) is 16.5. The zero-order chi connectivity index (χ0) is 22.8. The van der Waals surface area contributed by atoms with Gasteiger partial charge in [0.15, 0.2) is 0 Å². The van der Waals surface area contributed by atoms with E-state index in [1.54, 1.807) is 24.3 Å². The predicted molar refractivity (Wildman–Crippen MR) is 127 cm³/mol. The summed E-state index contributed by atoms with van der Waals surface area (Å²) in [7, 11) is 0. The molecule has 0 radical (unpaired) electrons. The van der Waals surface area contributed by atoms with Crippen LogP contribution in [0.5, 0.6) is 5.75 Å². The number of para-hydroxylation sites is 1. The number of anilines is 2. The van der Waals surface area contributed by atoms with Crippen LogP contribution in [0.3, 0.4) is 0 Å². The molecule has 0 spiro atoms. The van der Waals surface area contributed by atoms with Gasteiger partial charge in [0.25, 0.3) is 5.91 Å². The van der Waals surface area contributed by atoms with Crippen LogP contribution >= 0.6 is 11.3 Å². The maximum absolute atomic E-state index is 12.5. The molecule has 0 bridgehead atoms. The molecule has 1 heterocycles. The van der Waals surface area contributed by atoms with Gasteiger partial charge in [0.05, 0.1) is 6.61 Å². The first-order valence-electron chi connectivity index (χ1n) is 10.8. The van der Waals surface area contributed by atoms with E-state index in [0.717, 1.165) is 36.4 Å². The normalized spacial score (nSPS) is 10.7. The van der Waals surface area contributed by atoms with Crippen LogP contribution in [0.25, 0.3) is 0 Å². The van der Waals surface area contributed by atoms with E-state index in [1.807, 2.05) is 44.2 Å². The Bertz CT molecular complexity index is 1000. The van der Waals surface area contributed by atoms with Gasteiger partial charge in [0.1, 0.15) is 10.8 Å². The van der Waals surface area contributed by atoms with Crippen LogP contribution in [0.4, 0.5) is 10.8 Å². The van der Waals surface area contributed by atoms with Gasteiger partial charge < -0.3 is 10.1 Å². The molecule has 2 aromatic carbocycles. The summed E-state index contributed by atoms with van der Waals surface area (Å²) >= 11 is 1.36. The molecule has 0 aliphatic heterocycles. The maximum atomic E-state index is 12.5. The molecule has 32 heavy (non-hydrogen) atoms.